The first-order chi connectivity index (χ1) is 14.3. The van der Waals surface area contributed by atoms with Crippen molar-refractivity contribution in [2.45, 2.75) is 11.8 Å². The van der Waals surface area contributed by atoms with Crippen LogP contribution in [0.1, 0.15) is 17.3 Å². The van der Waals surface area contributed by atoms with E-state index in [9.17, 15) is 13.2 Å². The summed E-state index contributed by atoms with van der Waals surface area (Å²) in [5.41, 5.74) is 1.07. The number of carbonyl (C=O) groups is 1. The van der Waals surface area contributed by atoms with Gasteiger partial charge in [0, 0.05) is 44.5 Å². The Labute approximate surface area is 176 Å². The minimum atomic E-state index is -4.15. The Morgan fingerprint density at radius 3 is 2.33 bits per heavy atom. The van der Waals surface area contributed by atoms with Gasteiger partial charge in [-0.15, -0.1) is 0 Å². The van der Waals surface area contributed by atoms with Crippen LogP contribution in [0.5, 0.6) is 0 Å². The summed E-state index contributed by atoms with van der Waals surface area (Å²) in [6, 6.07) is 10.9. The third-order valence-electron chi connectivity index (χ3n) is 5.63. The largest absolute Gasteiger partial charge is 0.367 e. The molecule has 1 fully saturated rings. The summed E-state index contributed by atoms with van der Waals surface area (Å²) in [6.45, 7) is 5.25. The molecule has 158 valence electrons. The highest BCUT2D eigenvalue weighted by molar-refractivity contribution is 7.96. The molecule has 0 atom stereocenters. The van der Waals surface area contributed by atoms with Gasteiger partial charge in [-0.3, -0.25) is 4.79 Å². The van der Waals surface area contributed by atoms with E-state index >= 15 is 4.39 Å². The Morgan fingerprint density at radius 1 is 1.03 bits per heavy atom. The van der Waals surface area contributed by atoms with Crippen LogP contribution in [0.15, 0.2) is 58.5 Å². The Hall–Kier alpha value is -2.71. The second kappa shape index (κ2) is 7.85. The fraction of sp³-hybridized carbons (Fsp3) is 0.318. The topological polar surface area (TPSA) is 60.9 Å². The Morgan fingerprint density at radius 2 is 1.70 bits per heavy atom. The molecular weight excluding hydrogens is 405 g/mol. The van der Waals surface area contributed by atoms with Crippen molar-refractivity contribution in [2.75, 3.05) is 49.6 Å². The number of rotatable bonds is 4. The summed E-state index contributed by atoms with van der Waals surface area (Å²) >= 11 is 0. The molecule has 0 amide bonds. The van der Waals surface area contributed by atoms with Crippen LogP contribution in [-0.4, -0.2) is 58.9 Å². The average Bonchev–Trinajstić information content (AvgIpc) is 2.75. The van der Waals surface area contributed by atoms with Crippen molar-refractivity contribution < 1.29 is 17.6 Å². The van der Waals surface area contributed by atoms with E-state index in [1.807, 2.05) is 18.9 Å². The molecule has 2 aliphatic heterocycles. The van der Waals surface area contributed by atoms with Gasteiger partial charge < -0.3 is 14.7 Å². The maximum Gasteiger partial charge on any atom is 0.214 e. The highest BCUT2D eigenvalue weighted by Gasteiger charge is 2.37. The lowest BCUT2D eigenvalue weighted by Gasteiger charge is -2.35. The molecule has 6 nitrogen and oxygen atoms in total. The molecule has 0 aromatic heterocycles. The number of hydrogen-bond acceptors (Lipinski definition) is 6. The number of ketones is 1. The van der Waals surface area contributed by atoms with E-state index in [-0.39, 0.29) is 15.4 Å². The van der Waals surface area contributed by atoms with Gasteiger partial charge in [0.2, 0.25) is 15.6 Å². The van der Waals surface area contributed by atoms with Gasteiger partial charge in [-0.05, 0) is 26.1 Å². The number of halogens is 1. The lowest BCUT2D eigenvalue weighted by molar-refractivity contribution is 0.104. The van der Waals surface area contributed by atoms with Gasteiger partial charge in [0.25, 0.3) is 0 Å². The van der Waals surface area contributed by atoms with E-state index in [4.69, 9.17) is 0 Å². The van der Waals surface area contributed by atoms with Crippen LogP contribution in [0.4, 0.5) is 15.8 Å². The van der Waals surface area contributed by atoms with Crippen molar-refractivity contribution in [2.24, 2.45) is 0 Å². The number of piperazine rings is 1. The van der Waals surface area contributed by atoms with Crippen LogP contribution < -0.4 is 9.80 Å². The van der Waals surface area contributed by atoms with Gasteiger partial charge in [0.1, 0.15) is 10.7 Å². The minimum absolute atomic E-state index is 0.165. The fourth-order valence-corrected chi connectivity index (χ4v) is 5.41. The third-order valence-corrected chi connectivity index (χ3v) is 7.41. The Bertz CT molecular complexity index is 1110. The predicted molar refractivity (Wildman–Crippen MR) is 115 cm³/mol. The number of carbonyl (C=O) groups excluding carboxylic acids is 1. The van der Waals surface area contributed by atoms with E-state index in [2.05, 4.69) is 4.90 Å². The lowest BCUT2D eigenvalue weighted by atomic mass is 10.1. The predicted octanol–water partition coefficient (Wildman–Crippen LogP) is 2.92. The van der Waals surface area contributed by atoms with Gasteiger partial charge in [0.05, 0.1) is 16.3 Å². The monoisotopic (exact) mass is 429 g/mol. The Balaban J connectivity index is 1.79. The molecular formula is C22H24FN3O3S. The van der Waals surface area contributed by atoms with Crippen molar-refractivity contribution in [3.8, 4) is 0 Å². The van der Waals surface area contributed by atoms with Crippen LogP contribution >= 0.6 is 0 Å². The first-order valence-electron chi connectivity index (χ1n) is 9.93. The van der Waals surface area contributed by atoms with Gasteiger partial charge in [-0.2, -0.15) is 0 Å². The molecule has 8 heteroatoms. The molecule has 0 aliphatic carbocycles. The van der Waals surface area contributed by atoms with E-state index in [0.29, 0.717) is 31.0 Å². The van der Waals surface area contributed by atoms with Crippen LogP contribution in [0.3, 0.4) is 0 Å². The zero-order chi connectivity index (χ0) is 21.5. The maximum absolute atomic E-state index is 15.0. The third kappa shape index (κ3) is 3.50. The fourth-order valence-electron chi connectivity index (χ4n) is 3.83. The summed E-state index contributed by atoms with van der Waals surface area (Å²) in [5, 5.41) is 0. The highest BCUT2D eigenvalue weighted by atomic mass is 32.2. The van der Waals surface area contributed by atoms with Crippen LogP contribution in [0.2, 0.25) is 0 Å². The summed E-state index contributed by atoms with van der Waals surface area (Å²) < 4.78 is 41.6. The quantitative estimate of drug-likeness (QED) is 0.697. The van der Waals surface area contributed by atoms with Crippen LogP contribution in [0, 0.1) is 5.82 Å². The minimum Gasteiger partial charge on any atom is -0.367 e. The number of Topliss-reactive ketones (excluding diaryl/α,β-unsaturated/α-hetero) is 1. The van der Waals surface area contributed by atoms with Gasteiger partial charge in [0.15, 0.2) is 0 Å². The number of benzene rings is 2. The molecule has 4 rings (SSSR count). The van der Waals surface area contributed by atoms with Crippen molar-refractivity contribution in [3.63, 3.8) is 0 Å². The smallest absolute Gasteiger partial charge is 0.214 e. The molecule has 2 aromatic rings. The normalized spacial score (nSPS) is 18.7. The molecule has 2 aliphatic rings. The van der Waals surface area contributed by atoms with Gasteiger partial charge in [-0.1, -0.05) is 30.3 Å². The standard InChI is InChI=1S/C22H24FN3O3S/c1-3-25-15-21(22(27)16-7-5-4-6-8-16)30(28,29)20-13-17(23)18(14-19(20)25)26-11-9-24(2)10-12-26/h4-8,13-15H,3,9-12H2,1-2H3. The number of anilines is 2. The van der Waals surface area contributed by atoms with Crippen molar-refractivity contribution in [1.29, 1.82) is 0 Å². The number of hydrogen-bond donors (Lipinski definition) is 0. The van der Waals surface area contributed by atoms with Crippen molar-refractivity contribution in [3.05, 3.63) is 65.0 Å². The molecule has 0 radical (unpaired) electrons. The summed E-state index contributed by atoms with van der Waals surface area (Å²) in [6.07, 6.45) is 1.37. The van der Waals surface area contributed by atoms with Crippen molar-refractivity contribution in [1.82, 2.24) is 4.90 Å². The number of likely N-dealkylation sites (N-methyl/N-ethyl adjacent to an activating group) is 1. The second-order valence-corrected chi connectivity index (χ2v) is 9.43. The summed E-state index contributed by atoms with van der Waals surface area (Å²) in [7, 11) is -2.13. The molecule has 0 N–H and O–H groups in total. The number of nitrogens with zero attached hydrogens (tertiary/aromatic N) is 3. The molecule has 1 saturated heterocycles. The van der Waals surface area contributed by atoms with Gasteiger partial charge >= 0.3 is 0 Å². The first kappa shape index (κ1) is 20.6. The van der Waals surface area contributed by atoms with E-state index in [1.54, 1.807) is 41.3 Å². The first-order valence-corrected chi connectivity index (χ1v) is 11.4. The second-order valence-electron chi connectivity index (χ2n) is 7.54. The van der Waals surface area contributed by atoms with Crippen LogP contribution in [0.25, 0.3) is 0 Å². The zero-order valence-electron chi connectivity index (χ0n) is 17.0. The average molecular weight is 430 g/mol. The Kier molecular flexibility index (Phi) is 5.38. The molecule has 2 aromatic carbocycles. The van der Waals surface area contributed by atoms with E-state index < -0.39 is 21.4 Å². The molecule has 30 heavy (non-hydrogen) atoms. The number of sulfone groups is 1. The molecule has 0 spiro atoms. The summed E-state index contributed by atoms with van der Waals surface area (Å²) in [5.74, 6) is -1.19. The highest BCUT2D eigenvalue weighted by Crippen LogP contribution is 2.40. The molecule has 0 bridgehead atoms. The maximum atomic E-state index is 15.0. The molecule has 2 heterocycles. The lowest BCUT2D eigenvalue weighted by Crippen LogP contribution is -2.45. The molecule has 0 unspecified atom stereocenters. The van der Waals surface area contributed by atoms with Gasteiger partial charge in [-0.25, -0.2) is 12.8 Å². The number of fused-ring (bicyclic) bond motifs is 1. The summed E-state index contributed by atoms with van der Waals surface area (Å²) in [4.78, 5) is 18.2. The van der Waals surface area contributed by atoms with Crippen LogP contribution in [-0.2, 0) is 9.84 Å². The van der Waals surface area contributed by atoms with Crippen molar-refractivity contribution >= 4 is 27.0 Å². The SMILES string of the molecule is CCN1C=C(C(=O)c2ccccc2)S(=O)(=O)c2cc(F)c(N3CCN(C)CC3)cc21. The molecule has 0 saturated carbocycles. The van der Waals surface area contributed by atoms with E-state index in [1.165, 1.54) is 6.20 Å². The van der Waals surface area contributed by atoms with E-state index in [0.717, 1.165) is 19.2 Å². The zero-order valence-corrected chi connectivity index (χ0v) is 17.8. The number of allylic oxidation sites excluding steroid dienone is 1.